The molecule has 0 fully saturated rings. The maximum Gasteiger partial charge on any atom is 0.387 e. The van der Waals surface area contributed by atoms with Crippen LogP contribution in [0.25, 0.3) is 22.3 Å². The van der Waals surface area contributed by atoms with Crippen LogP contribution in [0.5, 0.6) is 11.5 Å². The van der Waals surface area contributed by atoms with Crippen molar-refractivity contribution in [3.05, 3.63) is 71.3 Å². The molecule has 0 saturated carbocycles. The first-order valence-electron chi connectivity index (χ1n) is 10.2. The first-order chi connectivity index (χ1) is 14.9. The van der Waals surface area contributed by atoms with E-state index in [1.54, 1.807) is 19.1 Å². The molecule has 6 heteroatoms. The number of ether oxygens (including phenoxy) is 1. The lowest BCUT2D eigenvalue weighted by Gasteiger charge is -2.18. The van der Waals surface area contributed by atoms with Gasteiger partial charge < -0.3 is 4.74 Å². The molecule has 0 aliphatic rings. The highest BCUT2D eigenvalue weighted by Crippen LogP contribution is 2.45. The molecule has 0 bridgehead atoms. The highest BCUT2D eigenvalue weighted by Gasteiger charge is 2.26. The van der Waals surface area contributed by atoms with Gasteiger partial charge in [-0.25, -0.2) is 4.39 Å². The smallest absolute Gasteiger partial charge is 0.387 e. The Hall–Kier alpha value is -3.02. The average molecular weight is 431 g/mol. The second-order valence-electron chi connectivity index (χ2n) is 7.24. The minimum atomic E-state index is -2.99. The normalized spacial score (nSPS) is 11.2. The third-order valence-corrected chi connectivity index (χ3v) is 5.22. The molecule has 3 rings (SSSR count). The maximum absolute atomic E-state index is 14.7. The van der Waals surface area contributed by atoms with Gasteiger partial charge in [0.1, 0.15) is 5.75 Å². The zero-order valence-corrected chi connectivity index (χ0v) is 17.4. The van der Waals surface area contributed by atoms with E-state index >= 15 is 0 Å². The molecule has 0 aliphatic heterocycles. The quantitative estimate of drug-likeness (QED) is 0.333. The highest BCUT2D eigenvalue weighted by atomic mass is 19.3. The van der Waals surface area contributed by atoms with Crippen molar-refractivity contribution in [1.82, 2.24) is 0 Å². The fourth-order valence-corrected chi connectivity index (χ4v) is 3.66. The van der Waals surface area contributed by atoms with Gasteiger partial charge in [-0.15, -0.1) is 0 Å². The Morgan fingerprint density at radius 1 is 0.839 bits per heavy atom. The Balaban J connectivity index is 2.17. The van der Waals surface area contributed by atoms with Crippen LogP contribution in [0, 0.1) is 11.6 Å². The maximum atomic E-state index is 14.7. The zero-order valence-electron chi connectivity index (χ0n) is 17.4. The standard InChI is InChI=1S/C25H23F4O2/c1-3-5-6-15-7-9-16(10-8-15)20-19(4-2)22(26)23(27)24(30)21(20)17-11-13-18(14-12-17)31-25(28)29/h7-14,25H,3-6H2,1-2H3. The topological polar surface area (TPSA) is 29.1 Å². The SMILES string of the molecule is CCCCc1ccc(-c2c(CC)c(F)c(F)c([O])c2-c2ccc(OC(F)F)cc2)cc1. The molecule has 0 N–H and O–H groups in total. The van der Waals surface area contributed by atoms with Crippen molar-refractivity contribution in [2.24, 2.45) is 0 Å². The molecule has 2 nitrogen and oxygen atoms in total. The molecule has 0 atom stereocenters. The molecule has 0 unspecified atom stereocenters. The molecule has 0 aliphatic carbocycles. The van der Waals surface area contributed by atoms with Crippen molar-refractivity contribution in [3.63, 3.8) is 0 Å². The van der Waals surface area contributed by atoms with E-state index in [0.717, 1.165) is 24.8 Å². The third kappa shape index (κ3) is 4.84. The van der Waals surface area contributed by atoms with Gasteiger partial charge in [-0.2, -0.15) is 13.2 Å². The Labute approximate surface area is 179 Å². The lowest BCUT2D eigenvalue weighted by molar-refractivity contribution is -0.0498. The van der Waals surface area contributed by atoms with Crippen LogP contribution < -0.4 is 4.74 Å². The summed E-state index contributed by atoms with van der Waals surface area (Å²) in [7, 11) is 0. The van der Waals surface area contributed by atoms with Crippen LogP contribution in [0.1, 0.15) is 37.8 Å². The van der Waals surface area contributed by atoms with Gasteiger partial charge in [-0.3, -0.25) is 5.11 Å². The summed E-state index contributed by atoms with van der Waals surface area (Å²) in [6, 6.07) is 12.8. The second kappa shape index (κ2) is 9.86. The van der Waals surface area contributed by atoms with Crippen molar-refractivity contribution in [1.29, 1.82) is 0 Å². The van der Waals surface area contributed by atoms with E-state index in [9.17, 15) is 22.7 Å². The first kappa shape index (κ1) is 22.7. The molecule has 0 aromatic heterocycles. The van der Waals surface area contributed by atoms with Crippen molar-refractivity contribution >= 4 is 0 Å². The predicted octanol–water partition coefficient (Wildman–Crippen LogP) is 7.95. The minimum absolute atomic E-state index is 0.000607. The van der Waals surface area contributed by atoms with Gasteiger partial charge in [0, 0.05) is 5.56 Å². The molecule has 1 radical (unpaired) electrons. The number of aryl methyl sites for hydroxylation is 1. The molecule has 0 heterocycles. The molecule has 0 saturated heterocycles. The highest BCUT2D eigenvalue weighted by molar-refractivity contribution is 5.90. The third-order valence-electron chi connectivity index (χ3n) is 5.22. The summed E-state index contributed by atoms with van der Waals surface area (Å²) in [6.45, 7) is 0.797. The minimum Gasteiger partial charge on any atom is -0.435 e. The van der Waals surface area contributed by atoms with E-state index in [1.165, 1.54) is 24.3 Å². The van der Waals surface area contributed by atoms with Crippen LogP contribution in [0.2, 0.25) is 0 Å². The van der Waals surface area contributed by atoms with Crippen LogP contribution in [-0.4, -0.2) is 6.61 Å². The van der Waals surface area contributed by atoms with Gasteiger partial charge in [0.2, 0.25) is 11.6 Å². The lowest BCUT2D eigenvalue weighted by atomic mass is 9.87. The van der Waals surface area contributed by atoms with Crippen molar-refractivity contribution in [3.8, 4) is 33.8 Å². The van der Waals surface area contributed by atoms with Crippen LogP contribution in [0.3, 0.4) is 0 Å². The molecule has 31 heavy (non-hydrogen) atoms. The molecule has 0 amide bonds. The van der Waals surface area contributed by atoms with Gasteiger partial charge >= 0.3 is 6.61 Å². The van der Waals surface area contributed by atoms with E-state index < -0.39 is 24.0 Å². The number of rotatable bonds is 8. The summed E-state index contributed by atoms with van der Waals surface area (Å²) in [5.74, 6) is -3.75. The van der Waals surface area contributed by atoms with Gasteiger partial charge in [0.25, 0.3) is 0 Å². The molecule has 3 aromatic carbocycles. The number of unbranched alkanes of at least 4 members (excludes halogenated alkanes) is 1. The van der Waals surface area contributed by atoms with E-state index in [0.29, 0.717) is 16.7 Å². The van der Waals surface area contributed by atoms with E-state index in [-0.39, 0.29) is 23.3 Å². The second-order valence-corrected chi connectivity index (χ2v) is 7.24. The summed E-state index contributed by atoms with van der Waals surface area (Å²) in [6.07, 6.45) is 3.17. The average Bonchev–Trinajstić information content (AvgIpc) is 2.77. The number of benzene rings is 3. The first-order valence-corrected chi connectivity index (χ1v) is 10.2. The van der Waals surface area contributed by atoms with Crippen LogP contribution in [0.4, 0.5) is 17.6 Å². The molecule has 163 valence electrons. The molecule has 0 spiro atoms. The van der Waals surface area contributed by atoms with Gasteiger partial charge in [-0.1, -0.05) is 56.7 Å². The van der Waals surface area contributed by atoms with Gasteiger partial charge in [0.05, 0.1) is 0 Å². The summed E-state index contributed by atoms with van der Waals surface area (Å²) in [5, 5.41) is 12.8. The van der Waals surface area contributed by atoms with Crippen molar-refractivity contribution in [2.45, 2.75) is 46.1 Å². The van der Waals surface area contributed by atoms with Crippen LogP contribution >= 0.6 is 0 Å². The van der Waals surface area contributed by atoms with E-state index in [1.807, 2.05) is 12.1 Å². The number of hydrogen-bond acceptors (Lipinski definition) is 1. The molecular weight excluding hydrogens is 408 g/mol. The van der Waals surface area contributed by atoms with Gasteiger partial charge in [-0.05, 0) is 59.2 Å². The Kier molecular flexibility index (Phi) is 7.21. The van der Waals surface area contributed by atoms with Crippen molar-refractivity contribution in [2.75, 3.05) is 0 Å². The number of alkyl halides is 2. The molecular formula is C25H23F4O2. The largest absolute Gasteiger partial charge is 0.435 e. The predicted molar refractivity (Wildman–Crippen MR) is 112 cm³/mol. The van der Waals surface area contributed by atoms with E-state index in [4.69, 9.17) is 0 Å². The summed E-state index contributed by atoms with van der Waals surface area (Å²) in [4.78, 5) is 0. The zero-order chi connectivity index (χ0) is 22.5. The van der Waals surface area contributed by atoms with Crippen LogP contribution in [-0.2, 0) is 17.9 Å². The lowest BCUT2D eigenvalue weighted by Crippen LogP contribution is -2.02. The van der Waals surface area contributed by atoms with Crippen LogP contribution in [0.15, 0.2) is 48.5 Å². The Morgan fingerprint density at radius 2 is 1.42 bits per heavy atom. The fraction of sp³-hybridized carbons (Fsp3) is 0.280. The Bertz CT molecular complexity index is 1030. The van der Waals surface area contributed by atoms with Gasteiger partial charge in [0.15, 0.2) is 5.82 Å². The van der Waals surface area contributed by atoms with Crippen molar-refractivity contribution < 1.29 is 27.4 Å². The van der Waals surface area contributed by atoms with E-state index in [2.05, 4.69) is 11.7 Å². The number of halogens is 4. The fourth-order valence-electron chi connectivity index (χ4n) is 3.66. The number of hydrogen-bond donors (Lipinski definition) is 0. The Morgan fingerprint density at radius 3 is 1.97 bits per heavy atom. The summed E-state index contributed by atoms with van der Waals surface area (Å²) < 4.78 is 58.4. The summed E-state index contributed by atoms with van der Waals surface area (Å²) >= 11 is 0. The molecule has 3 aromatic rings. The summed E-state index contributed by atoms with van der Waals surface area (Å²) in [5.41, 5.74) is 2.42. The monoisotopic (exact) mass is 431 g/mol.